The van der Waals surface area contributed by atoms with E-state index in [1.54, 1.807) is 24.1 Å². The maximum Gasteiger partial charge on any atom is 0.311 e. The molecule has 0 atom stereocenters. The number of nitro benzene ring substituents is 1. The van der Waals surface area contributed by atoms with Crippen molar-refractivity contribution in [3.63, 3.8) is 0 Å². The SMILES string of the molecule is COc1ccc(/C=C2/C(=O)N(C)c3ccccc32)cc1[N+](=O)[O-]. The Bertz CT molecular complexity index is 842. The predicted molar refractivity (Wildman–Crippen MR) is 87.4 cm³/mol. The van der Waals surface area contributed by atoms with E-state index in [1.165, 1.54) is 19.2 Å². The van der Waals surface area contributed by atoms with Crippen LogP contribution in [0.25, 0.3) is 11.6 Å². The van der Waals surface area contributed by atoms with Gasteiger partial charge in [-0.3, -0.25) is 14.9 Å². The first-order valence-electron chi connectivity index (χ1n) is 6.94. The summed E-state index contributed by atoms with van der Waals surface area (Å²) in [5, 5.41) is 11.1. The number of fused-ring (bicyclic) bond motifs is 1. The van der Waals surface area contributed by atoms with Crippen LogP contribution in [0.15, 0.2) is 42.5 Å². The van der Waals surface area contributed by atoms with Crippen molar-refractivity contribution in [3.8, 4) is 5.75 Å². The molecule has 0 aliphatic carbocycles. The first kappa shape index (κ1) is 14.8. The first-order valence-corrected chi connectivity index (χ1v) is 6.94. The summed E-state index contributed by atoms with van der Waals surface area (Å²) in [6, 6.07) is 12.1. The Hall–Kier alpha value is -3.15. The molecule has 0 fully saturated rings. The zero-order valence-corrected chi connectivity index (χ0v) is 12.6. The monoisotopic (exact) mass is 310 g/mol. The molecule has 6 nitrogen and oxygen atoms in total. The average molecular weight is 310 g/mol. The van der Waals surface area contributed by atoms with Crippen LogP contribution in [-0.4, -0.2) is 25.0 Å². The lowest BCUT2D eigenvalue weighted by Gasteiger charge is -2.08. The Morgan fingerprint density at radius 2 is 1.96 bits per heavy atom. The summed E-state index contributed by atoms with van der Waals surface area (Å²) >= 11 is 0. The second-order valence-electron chi connectivity index (χ2n) is 5.13. The minimum atomic E-state index is -0.503. The molecule has 0 N–H and O–H groups in total. The van der Waals surface area contributed by atoms with E-state index in [0.29, 0.717) is 11.1 Å². The van der Waals surface area contributed by atoms with Gasteiger partial charge in [-0.05, 0) is 23.8 Å². The lowest BCUT2D eigenvalue weighted by Crippen LogP contribution is -2.20. The van der Waals surface area contributed by atoms with Crippen molar-refractivity contribution >= 4 is 28.9 Å². The van der Waals surface area contributed by atoms with Crippen LogP contribution >= 0.6 is 0 Å². The number of benzene rings is 2. The average Bonchev–Trinajstić information content (AvgIpc) is 2.80. The molecule has 1 aliphatic rings. The number of carbonyl (C=O) groups is 1. The lowest BCUT2D eigenvalue weighted by molar-refractivity contribution is -0.385. The molecule has 23 heavy (non-hydrogen) atoms. The third-order valence-electron chi connectivity index (χ3n) is 3.80. The molecule has 0 bridgehead atoms. The summed E-state index contributed by atoms with van der Waals surface area (Å²) in [5.74, 6) is 0.0529. The number of nitro groups is 1. The standard InChI is InChI=1S/C17H14N2O4/c1-18-14-6-4-3-5-12(14)13(17(18)20)9-11-7-8-16(23-2)15(10-11)19(21)22/h3-10H,1-2H3/b13-9+. The molecule has 1 aliphatic heterocycles. The van der Waals surface area contributed by atoms with Crippen molar-refractivity contribution in [2.24, 2.45) is 0 Å². The molecule has 0 spiro atoms. The van der Waals surface area contributed by atoms with Gasteiger partial charge in [-0.2, -0.15) is 0 Å². The normalized spacial score (nSPS) is 15.0. The van der Waals surface area contributed by atoms with Gasteiger partial charge in [0.1, 0.15) is 0 Å². The number of para-hydroxylation sites is 1. The molecule has 116 valence electrons. The topological polar surface area (TPSA) is 72.7 Å². The number of nitrogens with zero attached hydrogens (tertiary/aromatic N) is 2. The molecule has 3 rings (SSSR count). The number of likely N-dealkylation sites (N-methyl/N-ethyl adjacent to an activating group) is 1. The van der Waals surface area contributed by atoms with Crippen molar-refractivity contribution in [3.05, 3.63) is 63.7 Å². The lowest BCUT2D eigenvalue weighted by atomic mass is 10.0. The highest BCUT2D eigenvalue weighted by molar-refractivity contribution is 6.35. The molecule has 2 aromatic carbocycles. The van der Waals surface area contributed by atoms with E-state index in [4.69, 9.17) is 4.74 Å². The summed E-state index contributed by atoms with van der Waals surface area (Å²) in [5.41, 5.74) is 2.60. The van der Waals surface area contributed by atoms with Gasteiger partial charge in [0.15, 0.2) is 5.75 Å². The van der Waals surface area contributed by atoms with Crippen LogP contribution in [0.4, 0.5) is 11.4 Å². The van der Waals surface area contributed by atoms with Gasteiger partial charge in [0.05, 0.1) is 17.7 Å². The number of amides is 1. The molecular weight excluding hydrogens is 296 g/mol. The van der Waals surface area contributed by atoms with Gasteiger partial charge >= 0.3 is 5.69 Å². The highest BCUT2D eigenvalue weighted by Gasteiger charge is 2.29. The number of rotatable bonds is 3. The van der Waals surface area contributed by atoms with Crippen LogP contribution in [0.2, 0.25) is 0 Å². The Morgan fingerprint density at radius 3 is 2.65 bits per heavy atom. The van der Waals surface area contributed by atoms with Gasteiger partial charge in [0.25, 0.3) is 5.91 Å². The molecule has 2 aromatic rings. The molecule has 0 saturated carbocycles. The predicted octanol–water partition coefficient (Wildman–Crippen LogP) is 3.12. The number of hydrogen-bond acceptors (Lipinski definition) is 4. The highest BCUT2D eigenvalue weighted by atomic mass is 16.6. The first-order chi connectivity index (χ1) is 11.0. The summed E-state index contributed by atoms with van der Waals surface area (Å²) in [6.07, 6.45) is 1.66. The molecule has 1 heterocycles. The second kappa shape index (κ2) is 5.57. The molecule has 1 amide bonds. The molecular formula is C17H14N2O4. The van der Waals surface area contributed by atoms with Crippen molar-refractivity contribution in [2.45, 2.75) is 0 Å². The minimum Gasteiger partial charge on any atom is -0.490 e. The Kier molecular flexibility index (Phi) is 3.57. The Balaban J connectivity index is 2.11. The minimum absolute atomic E-state index is 0.131. The maximum atomic E-state index is 12.4. The molecule has 0 unspecified atom stereocenters. The van der Waals surface area contributed by atoms with E-state index in [1.807, 2.05) is 24.3 Å². The smallest absolute Gasteiger partial charge is 0.311 e. The molecule has 0 radical (unpaired) electrons. The second-order valence-corrected chi connectivity index (χ2v) is 5.13. The van der Waals surface area contributed by atoms with Gasteiger partial charge in [-0.1, -0.05) is 24.3 Å². The third kappa shape index (κ3) is 2.44. The highest BCUT2D eigenvalue weighted by Crippen LogP contribution is 2.37. The van der Waals surface area contributed by atoms with Gasteiger partial charge in [0.2, 0.25) is 0 Å². The number of anilines is 1. The van der Waals surface area contributed by atoms with E-state index < -0.39 is 4.92 Å². The fraction of sp³-hybridized carbons (Fsp3) is 0.118. The third-order valence-corrected chi connectivity index (χ3v) is 3.80. The van der Waals surface area contributed by atoms with Crippen LogP contribution in [0.3, 0.4) is 0 Å². The Labute approximate surface area is 132 Å². The van der Waals surface area contributed by atoms with E-state index in [9.17, 15) is 14.9 Å². The number of methoxy groups -OCH3 is 1. The molecule has 0 saturated heterocycles. The maximum absolute atomic E-state index is 12.4. The van der Waals surface area contributed by atoms with Crippen LogP contribution in [0.5, 0.6) is 5.75 Å². The van der Waals surface area contributed by atoms with E-state index in [-0.39, 0.29) is 17.3 Å². The van der Waals surface area contributed by atoms with Crippen LogP contribution in [0, 0.1) is 10.1 Å². The largest absolute Gasteiger partial charge is 0.490 e. The van der Waals surface area contributed by atoms with Gasteiger partial charge in [-0.15, -0.1) is 0 Å². The van der Waals surface area contributed by atoms with Gasteiger partial charge in [0, 0.05) is 24.3 Å². The van der Waals surface area contributed by atoms with E-state index in [0.717, 1.165) is 11.3 Å². The fourth-order valence-corrected chi connectivity index (χ4v) is 2.64. The van der Waals surface area contributed by atoms with Crippen molar-refractivity contribution in [1.29, 1.82) is 0 Å². The zero-order valence-electron chi connectivity index (χ0n) is 12.6. The van der Waals surface area contributed by atoms with E-state index in [2.05, 4.69) is 0 Å². The molecule has 0 aromatic heterocycles. The zero-order chi connectivity index (χ0) is 16.6. The number of hydrogen-bond donors (Lipinski definition) is 0. The van der Waals surface area contributed by atoms with Crippen LogP contribution in [0.1, 0.15) is 11.1 Å². The quantitative estimate of drug-likeness (QED) is 0.496. The van der Waals surface area contributed by atoms with Crippen molar-refractivity contribution in [1.82, 2.24) is 0 Å². The van der Waals surface area contributed by atoms with Crippen molar-refractivity contribution < 1.29 is 14.5 Å². The molecule has 6 heteroatoms. The van der Waals surface area contributed by atoms with Gasteiger partial charge < -0.3 is 9.64 Å². The summed E-state index contributed by atoms with van der Waals surface area (Å²) in [7, 11) is 3.09. The fourth-order valence-electron chi connectivity index (χ4n) is 2.64. The summed E-state index contributed by atoms with van der Waals surface area (Å²) in [4.78, 5) is 24.6. The van der Waals surface area contributed by atoms with Crippen LogP contribution in [-0.2, 0) is 4.79 Å². The number of ether oxygens (including phenoxy) is 1. The summed E-state index contributed by atoms with van der Waals surface area (Å²) < 4.78 is 4.99. The van der Waals surface area contributed by atoms with Crippen molar-refractivity contribution in [2.75, 3.05) is 19.1 Å². The Morgan fingerprint density at radius 1 is 1.22 bits per heavy atom. The van der Waals surface area contributed by atoms with Crippen LogP contribution < -0.4 is 9.64 Å². The number of carbonyl (C=O) groups excluding carboxylic acids is 1. The van der Waals surface area contributed by atoms with E-state index >= 15 is 0 Å². The van der Waals surface area contributed by atoms with Gasteiger partial charge in [-0.25, -0.2) is 0 Å². The summed E-state index contributed by atoms with van der Waals surface area (Å²) in [6.45, 7) is 0.